The van der Waals surface area contributed by atoms with Gasteiger partial charge in [-0.25, -0.2) is 4.98 Å². The second-order valence-electron chi connectivity index (χ2n) is 3.15. The molecule has 5 nitrogen and oxygen atoms in total. The maximum absolute atomic E-state index is 10.7. The molecule has 0 radical (unpaired) electrons. The monoisotopic (exact) mass is 261 g/mol. The zero-order valence-electron chi connectivity index (χ0n) is 9.97. The summed E-state index contributed by atoms with van der Waals surface area (Å²) in [5.41, 5.74) is -0.691. The normalized spacial score (nSPS) is 9.11. The molecule has 18 heavy (non-hydrogen) atoms. The molecule has 0 unspecified atom stereocenters. The van der Waals surface area contributed by atoms with Crippen molar-refractivity contribution in [2.75, 3.05) is 0 Å². The van der Waals surface area contributed by atoms with Crippen molar-refractivity contribution in [2.24, 2.45) is 0 Å². The van der Waals surface area contributed by atoms with E-state index in [1.165, 1.54) is 6.07 Å². The van der Waals surface area contributed by atoms with E-state index in [4.69, 9.17) is 0 Å². The van der Waals surface area contributed by atoms with Gasteiger partial charge in [-0.2, -0.15) is 0 Å². The van der Waals surface area contributed by atoms with E-state index < -0.39 is 23.2 Å². The molecule has 80 valence electrons. The van der Waals surface area contributed by atoms with Crippen LogP contribution >= 0.6 is 0 Å². The molecule has 2 rings (SSSR count). The Morgan fingerprint density at radius 3 is 2.17 bits per heavy atom. The predicted octanol–water partition coefficient (Wildman–Crippen LogP) is -7.03. The first-order valence-corrected chi connectivity index (χ1v) is 4.42. The molecule has 0 atom stereocenters. The molecule has 0 aliphatic rings. The van der Waals surface area contributed by atoms with Gasteiger partial charge >= 0.3 is 59.1 Å². The summed E-state index contributed by atoms with van der Waals surface area (Å²) < 4.78 is 0. The summed E-state index contributed by atoms with van der Waals surface area (Å²) in [6, 6.07) is 7.80. The Morgan fingerprint density at radius 1 is 1.00 bits per heavy atom. The van der Waals surface area contributed by atoms with Gasteiger partial charge in [-0.1, -0.05) is 18.2 Å². The Labute approximate surface area is 147 Å². The van der Waals surface area contributed by atoms with Crippen molar-refractivity contribution in [2.45, 2.75) is 0 Å². The number of aromatic nitrogens is 1. The van der Waals surface area contributed by atoms with Crippen LogP contribution in [0.4, 0.5) is 0 Å². The molecular weight excluding hydrogens is 256 g/mol. The number of aromatic carboxylic acids is 2. The van der Waals surface area contributed by atoms with Gasteiger partial charge in [-0.15, -0.1) is 0 Å². The zero-order chi connectivity index (χ0) is 11.7. The molecule has 1 aromatic carbocycles. The Kier molecular flexibility index (Phi) is 7.06. The Morgan fingerprint density at radius 2 is 1.61 bits per heavy atom. The standard InChI is InChI=1S/C11H7NO4.2Na/c13-10(14)7-5-6-3-1-2-4-8(6)12-9(7)11(15)16;;/h1-5H,(H,13,14)(H,15,16);;/q;2*+1/p-2. The summed E-state index contributed by atoms with van der Waals surface area (Å²) in [7, 11) is 0. The maximum Gasteiger partial charge on any atom is 1.00 e. The van der Waals surface area contributed by atoms with E-state index in [-0.39, 0.29) is 59.1 Å². The summed E-state index contributed by atoms with van der Waals surface area (Å²) in [4.78, 5) is 25.1. The second-order valence-corrected chi connectivity index (χ2v) is 3.15. The maximum atomic E-state index is 10.7. The van der Waals surface area contributed by atoms with Crippen LogP contribution in [0.2, 0.25) is 0 Å². The third-order valence-corrected chi connectivity index (χ3v) is 2.14. The van der Waals surface area contributed by atoms with Crippen molar-refractivity contribution >= 4 is 22.8 Å². The van der Waals surface area contributed by atoms with E-state index in [0.717, 1.165) is 0 Å². The second kappa shape index (κ2) is 7.23. The third-order valence-electron chi connectivity index (χ3n) is 2.14. The number of fused-ring (bicyclic) bond motifs is 1. The van der Waals surface area contributed by atoms with Crippen LogP contribution in [0.1, 0.15) is 20.8 Å². The first-order chi connectivity index (χ1) is 7.59. The molecule has 0 fully saturated rings. The van der Waals surface area contributed by atoms with E-state index in [1.54, 1.807) is 24.3 Å². The minimum Gasteiger partial charge on any atom is -0.545 e. The van der Waals surface area contributed by atoms with Crippen LogP contribution in [0.25, 0.3) is 10.9 Å². The predicted molar refractivity (Wildman–Crippen MR) is 50.4 cm³/mol. The van der Waals surface area contributed by atoms with Crippen LogP contribution < -0.4 is 69.3 Å². The molecule has 0 N–H and O–H groups in total. The molecule has 0 saturated carbocycles. The van der Waals surface area contributed by atoms with Crippen LogP contribution in [0.3, 0.4) is 0 Å². The van der Waals surface area contributed by atoms with Crippen LogP contribution in [0.5, 0.6) is 0 Å². The fourth-order valence-corrected chi connectivity index (χ4v) is 1.43. The van der Waals surface area contributed by atoms with E-state index >= 15 is 0 Å². The van der Waals surface area contributed by atoms with E-state index in [9.17, 15) is 19.8 Å². The van der Waals surface area contributed by atoms with Gasteiger partial charge < -0.3 is 19.8 Å². The molecule has 0 aliphatic heterocycles. The average molecular weight is 261 g/mol. The average Bonchev–Trinajstić information content (AvgIpc) is 2.27. The number of benzene rings is 1. The number of carboxylic acid groups (broad SMARTS) is 2. The molecule has 7 heteroatoms. The van der Waals surface area contributed by atoms with E-state index in [0.29, 0.717) is 10.9 Å². The molecule has 0 amide bonds. The minimum absolute atomic E-state index is 0. The number of nitrogens with zero attached hydrogens (tertiary/aromatic N) is 1. The minimum atomic E-state index is -1.63. The van der Waals surface area contributed by atoms with Gasteiger partial charge in [0.2, 0.25) is 0 Å². The molecular formula is C11H5NNa2O4. The fourth-order valence-electron chi connectivity index (χ4n) is 1.43. The van der Waals surface area contributed by atoms with Gasteiger partial charge in [0.1, 0.15) is 0 Å². The number of carboxylic acids is 2. The molecule has 2 aromatic rings. The SMILES string of the molecule is O=C([O-])c1cc2ccccc2nc1C(=O)[O-].[Na+].[Na+]. The molecule has 0 spiro atoms. The number of rotatable bonds is 2. The van der Waals surface area contributed by atoms with E-state index in [1.807, 2.05) is 0 Å². The first kappa shape index (κ1) is 17.6. The molecule has 0 aliphatic carbocycles. The van der Waals surface area contributed by atoms with E-state index in [2.05, 4.69) is 4.98 Å². The van der Waals surface area contributed by atoms with Crippen molar-refractivity contribution in [3.05, 3.63) is 41.6 Å². The third kappa shape index (κ3) is 3.54. The smallest absolute Gasteiger partial charge is 0.545 e. The van der Waals surface area contributed by atoms with Crippen molar-refractivity contribution < 1.29 is 78.9 Å². The van der Waals surface area contributed by atoms with Crippen molar-refractivity contribution in [1.82, 2.24) is 4.98 Å². The van der Waals surface area contributed by atoms with Crippen molar-refractivity contribution in [1.29, 1.82) is 0 Å². The number of para-hydroxylation sites is 1. The number of hydrogen-bond donors (Lipinski definition) is 0. The molecule has 0 bridgehead atoms. The zero-order valence-corrected chi connectivity index (χ0v) is 14.0. The number of hydrogen-bond acceptors (Lipinski definition) is 5. The molecule has 0 saturated heterocycles. The molecule has 1 aromatic heterocycles. The van der Waals surface area contributed by atoms with Gasteiger partial charge in [0.25, 0.3) is 0 Å². The Hall–Kier alpha value is -0.430. The van der Waals surface area contributed by atoms with Gasteiger partial charge in [0.05, 0.1) is 23.1 Å². The summed E-state index contributed by atoms with van der Waals surface area (Å²) in [6.45, 7) is 0. The van der Waals surface area contributed by atoms with Gasteiger partial charge in [0, 0.05) is 10.9 Å². The summed E-state index contributed by atoms with van der Waals surface area (Å²) in [6.07, 6.45) is 0. The molecule has 1 heterocycles. The first-order valence-electron chi connectivity index (χ1n) is 4.42. The summed E-state index contributed by atoms with van der Waals surface area (Å²) in [5, 5.41) is 22.0. The number of carbonyl (C=O) groups excluding carboxylic acids is 2. The fraction of sp³-hybridized carbons (Fsp3) is 0. The summed E-state index contributed by atoms with van der Waals surface area (Å²) in [5.74, 6) is -3.22. The van der Waals surface area contributed by atoms with Crippen molar-refractivity contribution in [3.63, 3.8) is 0 Å². The Balaban J connectivity index is 0.00000144. The van der Waals surface area contributed by atoms with Crippen LogP contribution in [-0.2, 0) is 0 Å². The topological polar surface area (TPSA) is 93.2 Å². The van der Waals surface area contributed by atoms with Crippen LogP contribution in [0, 0.1) is 0 Å². The number of carbonyl (C=O) groups is 2. The Bertz CT molecular complexity index is 548. The van der Waals surface area contributed by atoms with Gasteiger partial charge in [0.15, 0.2) is 0 Å². The van der Waals surface area contributed by atoms with Gasteiger partial charge in [-0.3, -0.25) is 0 Å². The summed E-state index contributed by atoms with van der Waals surface area (Å²) >= 11 is 0. The van der Waals surface area contributed by atoms with Crippen LogP contribution in [0.15, 0.2) is 30.3 Å². The van der Waals surface area contributed by atoms with Crippen LogP contribution in [-0.4, -0.2) is 16.9 Å². The van der Waals surface area contributed by atoms with Gasteiger partial charge in [-0.05, 0) is 12.1 Å². The van der Waals surface area contributed by atoms with Crippen molar-refractivity contribution in [3.8, 4) is 0 Å². The quantitative estimate of drug-likeness (QED) is 0.501. The number of pyridine rings is 1. The largest absolute Gasteiger partial charge is 1.00 e.